The van der Waals surface area contributed by atoms with Crippen LogP contribution in [0.25, 0.3) is 0 Å². The van der Waals surface area contributed by atoms with E-state index in [1.54, 1.807) is 18.3 Å². The van der Waals surface area contributed by atoms with E-state index in [2.05, 4.69) is 5.32 Å². The highest BCUT2D eigenvalue weighted by molar-refractivity contribution is 7.09. The first-order valence-corrected chi connectivity index (χ1v) is 8.02. The van der Waals surface area contributed by atoms with E-state index >= 15 is 0 Å². The Hall–Kier alpha value is -1.86. The minimum Gasteiger partial charge on any atom is -0.322 e. The minimum atomic E-state index is -1.60. The molecular weight excluding hydrogens is 325 g/mol. The summed E-state index contributed by atoms with van der Waals surface area (Å²) in [6.07, 6.45) is 0. The van der Waals surface area contributed by atoms with Gasteiger partial charge in [-0.3, -0.25) is 9.69 Å². The molecular formula is C16H17F3N2OS. The number of carbonyl (C=O) groups excluding carboxylic acids is 1. The van der Waals surface area contributed by atoms with Crippen LogP contribution in [0.15, 0.2) is 29.6 Å². The first-order chi connectivity index (χ1) is 10.9. The standard InChI is InChI=1S/C16H17F3N2OS/c1-3-21(9-11-5-4-8-23-11)10(2)16(22)20-13-7-6-12(17)14(18)15(13)19/h4-8,10H,3,9H2,1-2H3,(H,20,22)/t10-/m1/s1. The molecule has 2 rings (SSSR count). The summed E-state index contributed by atoms with van der Waals surface area (Å²) in [5.41, 5.74) is -0.368. The molecule has 0 bridgehead atoms. The van der Waals surface area contributed by atoms with Crippen molar-refractivity contribution in [3.05, 3.63) is 52.0 Å². The third kappa shape index (κ3) is 4.11. The molecule has 2 aromatic rings. The molecule has 0 saturated carbocycles. The Morgan fingerprint density at radius 2 is 2.00 bits per heavy atom. The Bertz CT molecular complexity index is 676. The smallest absolute Gasteiger partial charge is 0.241 e. The highest BCUT2D eigenvalue weighted by Gasteiger charge is 2.23. The summed E-state index contributed by atoms with van der Waals surface area (Å²) in [4.78, 5) is 15.3. The zero-order valence-electron chi connectivity index (χ0n) is 12.8. The van der Waals surface area contributed by atoms with Crippen LogP contribution in [0.4, 0.5) is 18.9 Å². The van der Waals surface area contributed by atoms with Crippen molar-refractivity contribution in [1.29, 1.82) is 0 Å². The van der Waals surface area contributed by atoms with Crippen molar-refractivity contribution in [3.63, 3.8) is 0 Å². The molecule has 3 nitrogen and oxygen atoms in total. The number of thiophene rings is 1. The number of halogens is 3. The molecule has 1 heterocycles. The third-order valence-corrected chi connectivity index (χ3v) is 4.43. The summed E-state index contributed by atoms with van der Waals surface area (Å²) in [7, 11) is 0. The predicted molar refractivity (Wildman–Crippen MR) is 84.8 cm³/mol. The Morgan fingerprint density at radius 3 is 2.61 bits per heavy atom. The van der Waals surface area contributed by atoms with Crippen LogP contribution in [0.1, 0.15) is 18.7 Å². The Labute approximate surface area is 136 Å². The zero-order valence-corrected chi connectivity index (χ0v) is 13.6. The quantitative estimate of drug-likeness (QED) is 0.805. The molecule has 1 atom stereocenters. The molecule has 0 aliphatic heterocycles. The average molecular weight is 342 g/mol. The maximum absolute atomic E-state index is 13.6. The lowest BCUT2D eigenvalue weighted by molar-refractivity contribution is -0.120. The lowest BCUT2D eigenvalue weighted by Gasteiger charge is -2.26. The van der Waals surface area contributed by atoms with Crippen molar-refractivity contribution in [2.24, 2.45) is 0 Å². The normalized spacial score (nSPS) is 12.4. The monoisotopic (exact) mass is 342 g/mol. The number of likely N-dealkylation sites (N-methyl/N-ethyl adjacent to an activating group) is 1. The van der Waals surface area contributed by atoms with Crippen molar-refractivity contribution in [3.8, 4) is 0 Å². The second-order valence-corrected chi connectivity index (χ2v) is 6.06. The van der Waals surface area contributed by atoms with Crippen molar-refractivity contribution in [1.82, 2.24) is 4.90 Å². The number of rotatable bonds is 6. The van der Waals surface area contributed by atoms with E-state index < -0.39 is 29.4 Å². The number of carbonyl (C=O) groups is 1. The molecule has 23 heavy (non-hydrogen) atoms. The predicted octanol–water partition coefficient (Wildman–Crippen LogP) is 4.01. The zero-order chi connectivity index (χ0) is 17.0. The highest BCUT2D eigenvalue weighted by atomic mass is 32.1. The van der Waals surface area contributed by atoms with Crippen molar-refractivity contribution < 1.29 is 18.0 Å². The Kier molecular flexibility index (Phi) is 5.79. The van der Waals surface area contributed by atoms with Crippen molar-refractivity contribution in [2.75, 3.05) is 11.9 Å². The van der Waals surface area contributed by atoms with Gasteiger partial charge in [-0.1, -0.05) is 13.0 Å². The van der Waals surface area contributed by atoms with Gasteiger partial charge in [-0.2, -0.15) is 0 Å². The molecule has 0 spiro atoms. The van der Waals surface area contributed by atoms with Gasteiger partial charge in [0, 0.05) is 11.4 Å². The van der Waals surface area contributed by atoms with Crippen LogP contribution in [0, 0.1) is 17.5 Å². The summed E-state index contributed by atoms with van der Waals surface area (Å²) < 4.78 is 39.8. The lowest BCUT2D eigenvalue weighted by atomic mass is 10.2. The van der Waals surface area contributed by atoms with Crippen molar-refractivity contribution in [2.45, 2.75) is 26.4 Å². The summed E-state index contributed by atoms with van der Waals surface area (Å²) in [6.45, 7) is 4.80. The van der Waals surface area contributed by atoms with Gasteiger partial charge >= 0.3 is 0 Å². The molecule has 0 aliphatic carbocycles. The first kappa shape index (κ1) is 17.5. The van der Waals surface area contributed by atoms with E-state index in [1.807, 2.05) is 29.3 Å². The van der Waals surface area contributed by atoms with Crippen LogP contribution in [0.3, 0.4) is 0 Å². The van der Waals surface area contributed by atoms with E-state index in [0.717, 1.165) is 17.0 Å². The molecule has 1 aromatic carbocycles. The minimum absolute atomic E-state index is 0.368. The van der Waals surface area contributed by atoms with Gasteiger partial charge in [0.25, 0.3) is 0 Å². The second kappa shape index (κ2) is 7.61. The molecule has 0 saturated heterocycles. The fourth-order valence-electron chi connectivity index (χ4n) is 2.15. The summed E-state index contributed by atoms with van der Waals surface area (Å²) in [5, 5.41) is 4.26. The molecule has 1 amide bonds. The van der Waals surface area contributed by atoms with Crippen molar-refractivity contribution >= 4 is 22.9 Å². The number of nitrogens with zero attached hydrogens (tertiary/aromatic N) is 1. The number of hydrogen-bond donors (Lipinski definition) is 1. The van der Waals surface area contributed by atoms with E-state index in [4.69, 9.17) is 0 Å². The summed E-state index contributed by atoms with van der Waals surface area (Å²) in [5.74, 6) is -4.76. The summed E-state index contributed by atoms with van der Waals surface area (Å²) in [6, 6.07) is 5.13. The first-order valence-electron chi connectivity index (χ1n) is 7.14. The Balaban J connectivity index is 2.08. The lowest BCUT2D eigenvalue weighted by Crippen LogP contribution is -2.41. The maximum Gasteiger partial charge on any atom is 0.241 e. The molecule has 0 fully saturated rings. The number of benzene rings is 1. The molecule has 7 heteroatoms. The van der Waals surface area contributed by atoms with Crippen LogP contribution < -0.4 is 5.32 Å². The van der Waals surface area contributed by atoms with E-state index in [9.17, 15) is 18.0 Å². The van der Waals surface area contributed by atoms with Gasteiger partial charge in [-0.25, -0.2) is 13.2 Å². The maximum atomic E-state index is 13.6. The number of nitrogens with one attached hydrogen (secondary N) is 1. The third-order valence-electron chi connectivity index (χ3n) is 3.57. The van der Waals surface area contributed by atoms with Gasteiger partial charge in [0.2, 0.25) is 5.91 Å². The summed E-state index contributed by atoms with van der Waals surface area (Å²) >= 11 is 1.58. The molecule has 0 aliphatic rings. The number of anilines is 1. The fourth-order valence-corrected chi connectivity index (χ4v) is 2.88. The van der Waals surface area contributed by atoms with E-state index in [1.165, 1.54) is 0 Å². The van der Waals surface area contributed by atoms with Crippen LogP contribution in [0.5, 0.6) is 0 Å². The number of hydrogen-bond acceptors (Lipinski definition) is 3. The van der Waals surface area contributed by atoms with Gasteiger partial charge in [-0.15, -0.1) is 11.3 Å². The van der Waals surface area contributed by atoms with Crippen LogP contribution in [0.2, 0.25) is 0 Å². The Morgan fingerprint density at radius 1 is 1.26 bits per heavy atom. The largest absolute Gasteiger partial charge is 0.322 e. The fraction of sp³-hybridized carbons (Fsp3) is 0.312. The molecule has 124 valence electrons. The van der Waals surface area contributed by atoms with Gasteiger partial charge in [0.1, 0.15) is 0 Å². The molecule has 0 unspecified atom stereocenters. The SMILES string of the molecule is CCN(Cc1cccs1)[C@H](C)C(=O)Nc1ccc(F)c(F)c1F. The topological polar surface area (TPSA) is 32.3 Å². The van der Waals surface area contributed by atoms with Crippen LogP contribution in [-0.4, -0.2) is 23.4 Å². The van der Waals surface area contributed by atoms with Gasteiger partial charge in [0.15, 0.2) is 17.5 Å². The van der Waals surface area contributed by atoms with Gasteiger partial charge in [0.05, 0.1) is 11.7 Å². The van der Waals surface area contributed by atoms with Gasteiger partial charge < -0.3 is 5.32 Å². The highest BCUT2D eigenvalue weighted by Crippen LogP contribution is 2.20. The van der Waals surface area contributed by atoms with E-state index in [0.29, 0.717) is 13.1 Å². The number of amides is 1. The van der Waals surface area contributed by atoms with Crippen LogP contribution >= 0.6 is 11.3 Å². The van der Waals surface area contributed by atoms with E-state index in [-0.39, 0.29) is 5.69 Å². The van der Waals surface area contributed by atoms with Gasteiger partial charge in [-0.05, 0) is 37.0 Å². The molecule has 0 radical (unpaired) electrons. The molecule has 1 aromatic heterocycles. The molecule has 1 N–H and O–H groups in total. The average Bonchev–Trinajstić information content (AvgIpc) is 3.05. The van der Waals surface area contributed by atoms with Crippen LogP contribution in [-0.2, 0) is 11.3 Å². The second-order valence-electron chi connectivity index (χ2n) is 5.03.